The van der Waals surface area contributed by atoms with Crippen molar-refractivity contribution in [3.8, 4) is 0 Å². The third-order valence-electron chi connectivity index (χ3n) is 2.15. The number of carbonyl (C=O) groups is 2. The Labute approximate surface area is 96.3 Å². The standard InChI is InChI=1S/C10H10N2O5/c1-17-10(14)8(12(15)16)6-2-4-7(5-3-6)9(11)13/h2-5,8H,1H3,(H2,11,13). The van der Waals surface area contributed by atoms with Crippen molar-refractivity contribution in [2.75, 3.05) is 7.11 Å². The number of nitrogens with two attached hydrogens (primary N) is 1. The second kappa shape index (κ2) is 5.06. The number of ether oxygens (including phenoxy) is 1. The summed E-state index contributed by atoms with van der Waals surface area (Å²) in [7, 11) is 1.07. The first-order valence-electron chi connectivity index (χ1n) is 4.58. The van der Waals surface area contributed by atoms with Crippen LogP contribution in [-0.2, 0) is 9.53 Å². The van der Waals surface area contributed by atoms with E-state index in [1.165, 1.54) is 24.3 Å². The Hall–Kier alpha value is -2.44. The van der Waals surface area contributed by atoms with Gasteiger partial charge in [-0.25, -0.2) is 4.79 Å². The zero-order chi connectivity index (χ0) is 13.0. The Morgan fingerprint density at radius 3 is 2.24 bits per heavy atom. The van der Waals surface area contributed by atoms with Crippen LogP contribution >= 0.6 is 0 Å². The van der Waals surface area contributed by atoms with Crippen LogP contribution in [0.2, 0.25) is 0 Å². The molecule has 0 saturated carbocycles. The summed E-state index contributed by atoms with van der Waals surface area (Å²) in [4.78, 5) is 32.0. The largest absolute Gasteiger partial charge is 0.464 e. The summed E-state index contributed by atoms with van der Waals surface area (Å²) in [6.45, 7) is 0. The highest BCUT2D eigenvalue weighted by atomic mass is 16.6. The van der Waals surface area contributed by atoms with E-state index in [9.17, 15) is 19.7 Å². The van der Waals surface area contributed by atoms with E-state index in [0.29, 0.717) is 0 Å². The molecular weight excluding hydrogens is 228 g/mol. The molecule has 90 valence electrons. The lowest BCUT2D eigenvalue weighted by molar-refractivity contribution is -0.516. The summed E-state index contributed by atoms with van der Waals surface area (Å²) in [5.74, 6) is -1.62. The lowest BCUT2D eigenvalue weighted by Crippen LogP contribution is -2.22. The molecule has 17 heavy (non-hydrogen) atoms. The molecular formula is C10H10N2O5. The SMILES string of the molecule is COC(=O)C(c1ccc(C(N)=O)cc1)[N+](=O)[O-]. The summed E-state index contributed by atoms with van der Waals surface area (Å²) in [6, 6.07) is 3.63. The average Bonchev–Trinajstić information content (AvgIpc) is 2.29. The van der Waals surface area contributed by atoms with Gasteiger partial charge < -0.3 is 10.5 Å². The van der Waals surface area contributed by atoms with Crippen LogP contribution in [0.1, 0.15) is 22.0 Å². The summed E-state index contributed by atoms with van der Waals surface area (Å²) in [5, 5.41) is 10.7. The van der Waals surface area contributed by atoms with Gasteiger partial charge in [-0.15, -0.1) is 0 Å². The minimum Gasteiger partial charge on any atom is -0.464 e. The van der Waals surface area contributed by atoms with Gasteiger partial charge in [0.25, 0.3) is 0 Å². The number of hydrogen-bond donors (Lipinski definition) is 1. The maximum absolute atomic E-state index is 11.2. The molecule has 0 aromatic heterocycles. The van der Waals surface area contributed by atoms with Gasteiger partial charge >= 0.3 is 12.0 Å². The van der Waals surface area contributed by atoms with E-state index in [-0.39, 0.29) is 11.1 Å². The van der Waals surface area contributed by atoms with Crippen LogP contribution in [-0.4, -0.2) is 23.9 Å². The van der Waals surface area contributed by atoms with Crippen molar-refractivity contribution in [2.24, 2.45) is 5.73 Å². The van der Waals surface area contributed by atoms with Gasteiger partial charge in [0.2, 0.25) is 5.91 Å². The van der Waals surface area contributed by atoms with Gasteiger partial charge in [0.1, 0.15) is 0 Å². The Balaban J connectivity index is 3.08. The van der Waals surface area contributed by atoms with Gasteiger partial charge in [0.05, 0.1) is 7.11 Å². The van der Waals surface area contributed by atoms with Crippen LogP contribution in [0, 0.1) is 10.1 Å². The number of carbonyl (C=O) groups excluding carboxylic acids is 2. The predicted octanol–water partition coefficient (Wildman–Crippen LogP) is 0.276. The third kappa shape index (κ3) is 2.77. The average molecular weight is 238 g/mol. The summed E-state index contributed by atoms with van der Waals surface area (Å²) < 4.78 is 4.33. The number of benzene rings is 1. The van der Waals surface area contributed by atoms with Crippen molar-refractivity contribution in [1.29, 1.82) is 0 Å². The van der Waals surface area contributed by atoms with E-state index in [1.54, 1.807) is 0 Å². The molecule has 0 aliphatic rings. The number of primary amides is 1. The Kier molecular flexibility index (Phi) is 3.76. The molecule has 1 rings (SSSR count). The maximum Gasteiger partial charge on any atom is 0.386 e. The van der Waals surface area contributed by atoms with Crippen LogP contribution in [0.15, 0.2) is 24.3 Å². The number of hydrogen-bond acceptors (Lipinski definition) is 5. The molecule has 0 bridgehead atoms. The number of esters is 1. The molecule has 0 radical (unpaired) electrons. The minimum atomic E-state index is -1.60. The first kappa shape index (κ1) is 12.6. The molecule has 1 aromatic rings. The van der Waals surface area contributed by atoms with Crippen molar-refractivity contribution in [2.45, 2.75) is 6.04 Å². The molecule has 7 nitrogen and oxygen atoms in total. The number of rotatable bonds is 4. The Bertz CT molecular complexity index is 454. The predicted molar refractivity (Wildman–Crippen MR) is 56.7 cm³/mol. The maximum atomic E-state index is 11.2. The van der Waals surface area contributed by atoms with E-state index in [1.807, 2.05) is 0 Å². The van der Waals surface area contributed by atoms with Crippen molar-refractivity contribution >= 4 is 11.9 Å². The van der Waals surface area contributed by atoms with Gasteiger partial charge in [-0.3, -0.25) is 14.9 Å². The van der Waals surface area contributed by atoms with Crippen molar-refractivity contribution in [3.05, 3.63) is 45.5 Å². The molecule has 1 unspecified atom stereocenters. The van der Waals surface area contributed by atoms with Gasteiger partial charge in [0, 0.05) is 16.1 Å². The monoisotopic (exact) mass is 238 g/mol. The number of nitro groups is 1. The highest BCUT2D eigenvalue weighted by Crippen LogP contribution is 2.18. The van der Waals surface area contributed by atoms with E-state index >= 15 is 0 Å². The van der Waals surface area contributed by atoms with Crippen LogP contribution < -0.4 is 5.73 Å². The van der Waals surface area contributed by atoms with E-state index in [4.69, 9.17) is 5.73 Å². The zero-order valence-electron chi connectivity index (χ0n) is 8.95. The Morgan fingerprint density at radius 1 is 1.35 bits per heavy atom. The molecule has 0 saturated heterocycles. The molecule has 1 amide bonds. The highest BCUT2D eigenvalue weighted by Gasteiger charge is 2.32. The van der Waals surface area contributed by atoms with Crippen LogP contribution in [0.5, 0.6) is 0 Å². The molecule has 0 aliphatic carbocycles. The zero-order valence-corrected chi connectivity index (χ0v) is 8.95. The molecule has 1 aromatic carbocycles. The molecule has 2 N–H and O–H groups in total. The minimum absolute atomic E-state index is 0.131. The fourth-order valence-electron chi connectivity index (χ4n) is 1.29. The van der Waals surface area contributed by atoms with Crippen molar-refractivity contribution in [3.63, 3.8) is 0 Å². The molecule has 0 aliphatic heterocycles. The van der Waals surface area contributed by atoms with Crippen molar-refractivity contribution in [1.82, 2.24) is 0 Å². The fraction of sp³-hybridized carbons (Fsp3) is 0.200. The van der Waals surface area contributed by atoms with E-state index in [2.05, 4.69) is 4.74 Å². The number of methoxy groups -OCH3 is 1. The molecule has 0 spiro atoms. The lowest BCUT2D eigenvalue weighted by atomic mass is 10.1. The quantitative estimate of drug-likeness (QED) is 0.459. The first-order valence-corrected chi connectivity index (χ1v) is 4.58. The molecule has 0 heterocycles. The first-order chi connectivity index (χ1) is 7.97. The van der Waals surface area contributed by atoms with Crippen LogP contribution in [0.3, 0.4) is 0 Å². The molecule has 0 fully saturated rings. The lowest BCUT2D eigenvalue weighted by Gasteiger charge is -2.07. The van der Waals surface area contributed by atoms with Crippen LogP contribution in [0.4, 0.5) is 0 Å². The smallest absolute Gasteiger partial charge is 0.386 e. The van der Waals surface area contributed by atoms with E-state index < -0.39 is 22.8 Å². The van der Waals surface area contributed by atoms with Gasteiger partial charge in [-0.1, -0.05) is 12.1 Å². The van der Waals surface area contributed by atoms with Crippen molar-refractivity contribution < 1.29 is 19.2 Å². The second-order valence-electron chi connectivity index (χ2n) is 3.20. The normalized spacial score (nSPS) is 11.6. The van der Waals surface area contributed by atoms with Gasteiger partial charge in [0.15, 0.2) is 0 Å². The summed E-state index contributed by atoms with van der Waals surface area (Å²) >= 11 is 0. The van der Waals surface area contributed by atoms with Gasteiger partial charge in [-0.2, -0.15) is 0 Å². The highest BCUT2D eigenvalue weighted by molar-refractivity contribution is 5.92. The number of amides is 1. The topological polar surface area (TPSA) is 113 Å². The Morgan fingerprint density at radius 2 is 1.88 bits per heavy atom. The fourth-order valence-corrected chi connectivity index (χ4v) is 1.29. The summed E-state index contributed by atoms with van der Waals surface area (Å²) in [5.41, 5.74) is 5.36. The van der Waals surface area contributed by atoms with E-state index in [0.717, 1.165) is 7.11 Å². The third-order valence-corrected chi connectivity index (χ3v) is 2.15. The van der Waals surface area contributed by atoms with Gasteiger partial charge in [-0.05, 0) is 12.1 Å². The van der Waals surface area contributed by atoms with Crippen LogP contribution in [0.25, 0.3) is 0 Å². The molecule has 7 heteroatoms. The second-order valence-corrected chi connectivity index (χ2v) is 3.20. The summed E-state index contributed by atoms with van der Waals surface area (Å²) in [6.07, 6.45) is 0. The molecule has 1 atom stereocenters. The number of nitrogens with zero attached hydrogens (tertiary/aromatic N) is 1.